The number of halogens is 3. The van der Waals surface area contributed by atoms with Crippen molar-refractivity contribution in [2.75, 3.05) is 7.11 Å². The summed E-state index contributed by atoms with van der Waals surface area (Å²) < 4.78 is 31.1. The van der Waals surface area contributed by atoms with Crippen molar-refractivity contribution in [1.29, 1.82) is 0 Å². The van der Waals surface area contributed by atoms with Crippen molar-refractivity contribution in [2.45, 2.75) is 24.8 Å². The summed E-state index contributed by atoms with van der Waals surface area (Å²) in [4.78, 5) is 0. The van der Waals surface area contributed by atoms with Crippen LogP contribution in [-0.4, -0.2) is 18.5 Å². The second-order valence-electron chi connectivity index (χ2n) is 3.78. The monoisotopic (exact) mass is 264 g/mol. The van der Waals surface area contributed by atoms with Crippen LogP contribution in [0.4, 0.5) is 8.78 Å². The van der Waals surface area contributed by atoms with Gasteiger partial charge in [-0.2, -0.15) is 8.78 Å². The highest BCUT2D eigenvalue weighted by molar-refractivity contribution is 6.22. The summed E-state index contributed by atoms with van der Waals surface area (Å²) in [6, 6.07) is 3.99. The van der Waals surface area contributed by atoms with Gasteiger partial charge in [-0.1, -0.05) is 17.7 Å². The van der Waals surface area contributed by atoms with E-state index in [0.717, 1.165) is 5.56 Å². The molecule has 0 heterocycles. The van der Waals surface area contributed by atoms with Crippen molar-refractivity contribution < 1.29 is 13.5 Å². The average molecular weight is 265 g/mol. The Kier molecular flexibility index (Phi) is 4.68. The molecule has 0 saturated carbocycles. The third-order valence-electron chi connectivity index (χ3n) is 2.46. The smallest absolute Gasteiger partial charge is 0.338 e. The third kappa shape index (κ3) is 3.80. The lowest BCUT2D eigenvalue weighted by Crippen LogP contribution is -2.47. The van der Waals surface area contributed by atoms with E-state index >= 15 is 0 Å². The van der Waals surface area contributed by atoms with Crippen LogP contribution < -0.4 is 16.0 Å². The Bertz CT molecular complexity index is 382. The first-order valence-corrected chi connectivity index (χ1v) is 5.42. The van der Waals surface area contributed by atoms with Crippen LogP contribution in [0.3, 0.4) is 0 Å². The average Bonchev–Trinajstić information content (AvgIpc) is 2.24. The standard InChI is InChI=1S/C11H15ClF2N2O/c1-7-3-4-9(17-2)8(5-7)6-10(16-15)11(12,13)14/h3-5,10,16H,6,15H2,1-2H3. The van der Waals surface area contributed by atoms with Crippen LogP contribution in [0.15, 0.2) is 18.2 Å². The number of nitrogens with one attached hydrogen (secondary N) is 1. The molecule has 1 rings (SSSR count). The van der Waals surface area contributed by atoms with Crippen molar-refractivity contribution in [3.8, 4) is 5.75 Å². The molecule has 0 aliphatic carbocycles. The lowest BCUT2D eigenvalue weighted by Gasteiger charge is -2.21. The Morgan fingerprint density at radius 1 is 1.53 bits per heavy atom. The molecule has 0 radical (unpaired) electrons. The van der Waals surface area contributed by atoms with Crippen LogP contribution in [0.1, 0.15) is 11.1 Å². The van der Waals surface area contributed by atoms with Crippen LogP contribution in [0.2, 0.25) is 0 Å². The number of methoxy groups -OCH3 is 1. The maximum atomic E-state index is 13.0. The molecular formula is C11H15ClF2N2O. The van der Waals surface area contributed by atoms with Gasteiger partial charge in [-0.15, -0.1) is 0 Å². The molecule has 96 valence electrons. The van der Waals surface area contributed by atoms with Crippen LogP contribution in [-0.2, 0) is 6.42 Å². The van der Waals surface area contributed by atoms with Gasteiger partial charge in [0.05, 0.1) is 7.11 Å². The SMILES string of the molecule is COc1ccc(C)cc1CC(NN)C(F)(F)Cl. The molecule has 6 heteroatoms. The van der Waals surface area contributed by atoms with E-state index in [1.807, 2.05) is 18.4 Å². The normalized spacial score (nSPS) is 13.5. The molecule has 3 N–H and O–H groups in total. The molecule has 0 fully saturated rings. The second kappa shape index (κ2) is 5.62. The van der Waals surface area contributed by atoms with Crippen molar-refractivity contribution >= 4 is 11.6 Å². The van der Waals surface area contributed by atoms with Gasteiger partial charge in [0, 0.05) is 0 Å². The first-order chi connectivity index (χ1) is 7.88. The topological polar surface area (TPSA) is 47.3 Å². The first kappa shape index (κ1) is 14.2. The molecule has 17 heavy (non-hydrogen) atoms. The summed E-state index contributed by atoms with van der Waals surface area (Å²) >= 11 is 4.97. The highest BCUT2D eigenvalue weighted by Crippen LogP contribution is 2.29. The van der Waals surface area contributed by atoms with Gasteiger partial charge in [-0.3, -0.25) is 5.84 Å². The zero-order valence-electron chi connectivity index (χ0n) is 9.64. The summed E-state index contributed by atoms with van der Waals surface area (Å²) in [7, 11) is 1.48. The maximum Gasteiger partial charge on any atom is 0.338 e. The maximum absolute atomic E-state index is 13.0. The number of nitrogens with two attached hydrogens (primary N) is 1. The second-order valence-corrected chi connectivity index (χ2v) is 4.28. The highest BCUT2D eigenvalue weighted by atomic mass is 35.5. The molecule has 0 aromatic heterocycles. The van der Waals surface area contributed by atoms with E-state index in [1.54, 1.807) is 12.1 Å². The minimum atomic E-state index is -3.41. The van der Waals surface area contributed by atoms with Crippen molar-refractivity contribution in [3.05, 3.63) is 29.3 Å². The Morgan fingerprint density at radius 2 is 2.18 bits per heavy atom. The molecule has 0 bridgehead atoms. The van der Waals surface area contributed by atoms with E-state index in [-0.39, 0.29) is 6.42 Å². The first-order valence-electron chi connectivity index (χ1n) is 5.05. The van der Waals surface area contributed by atoms with Gasteiger partial charge in [-0.25, -0.2) is 5.43 Å². The van der Waals surface area contributed by atoms with Gasteiger partial charge in [0.1, 0.15) is 11.8 Å². The Hall–Kier alpha value is -0.910. The molecule has 0 amide bonds. The molecule has 1 atom stereocenters. The number of benzene rings is 1. The van der Waals surface area contributed by atoms with E-state index in [9.17, 15) is 8.78 Å². The van der Waals surface area contributed by atoms with E-state index in [1.165, 1.54) is 7.11 Å². The van der Waals surface area contributed by atoms with Crippen LogP contribution in [0.25, 0.3) is 0 Å². The van der Waals surface area contributed by atoms with Crippen LogP contribution in [0, 0.1) is 6.92 Å². The summed E-state index contributed by atoms with van der Waals surface area (Å²) in [6.07, 6.45) is -0.0160. The fourth-order valence-corrected chi connectivity index (χ4v) is 1.70. The van der Waals surface area contributed by atoms with E-state index < -0.39 is 11.4 Å². The molecular weight excluding hydrogens is 250 g/mol. The predicted molar refractivity (Wildman–Crippen MR) is 63.3 cm³/mol. The van der Waals surface area contributed by atoms with Crippen molar-refractivity contribution in [2.24, 2.45) is 5.84 Å². The number of hydrogen-bond donors (Lipinski definition) is 2. The predicted octanol–water partition coefficient (Wildman–Crippen LogP) is 2.21. The van der Waals surface area contributed by atoms with Crippen LogP contribution >= 0.6 is 11.6 Å². The molecule has 3 nitrogen and oxygen atoms in total. The zero-order chi connectivity index (χ0) is 13.1. The van der Waals surface area contributed by atoms with Crippen molar-refractivity contribution in [1.82, 2.24) is 5.43 Å². The summed E-state index contributed by atoms with van der Waals surface area (Å²) in [5.41, 5.74) is 3.61. The number of hydrazine groups is 1. The van der Waals surface area contributed by atoms with Gasteiger partial charge in [0.15, 0.2) is 0 Å². The lowest BCUT2D eigenvalue weighted by atomic mass is 10.0. The Balaban J connectivity index is 2.96. The molecule has 1 aromatic carbocycles. The fraction of sp³-hybridized carbons (Fsp3) is 0.455. The van der Waals surface area contributed by atoms with Crippen molar-refractivity contribution in [3.63, 3.8) is 0 Å². The van der Waals surface area contributed by atoms with Gasteiger partial charge in [0.2, 0.25) is 0 Å². The van der Waals surface area contributed by atoms with Gasteiger partial charge < -0.3 is 4.74 Å². The minimum Gasteiger partial charge on any atom is -0.496 e. The minimum absolute atomic E-state index is 0.0160. The zero-order valence-corrected chi connectivity index (χ0v) is 10.4. The lowest BCUT2D eigenvalue weighted by molar-refractivity contribution is 0.0500. The Labute approximate surface area is 104 Å². The third-order valence-corrected chi connectivity index (χ3v) is 2.72. The van der Waals surface area contributed by atoms with Crippen LogP contribution in [0.5, 0.6) is 5.75 Å². The largest absolute Gasteiger partial charge is 0.496 e. The quantitative estimate of drug-likeness (QED) is 0.487. The number of rotatable bonds is 5. The molecule has 1 unspecified atom stereocenters. The van der Waals surface area contributed by atoms with Gasteiger partial charge in [-0.05, 0) is 36.6 Å². The molecule has 1 aromatic rings. The van der Waals surface area contributed by atoms with Gasteiger partial charge in [0.25, 0.3) is 0 Å². The highest BCUT2D eigenvalue weighted by Gasteiger charge is 2.36. The molecule has 0 spiro atoms. The number of aryl methyl sites for hydroxylation is 1. The summed E-state index contributed by atoms with van der Waals surface area (Å²) in [6.45, 7) is 1.87. The summed E-state index contributed by atoms with van der Waals surface area (Å²) in [5, 5.41) is -3.41. The molecule has 0 aliphatic heterocycles. The molecule has 0 aliphatic rings. The molecule has 0 saturated heterocycles. The van der Waals surface area contributed by atoms with E-state index in [0.29, 0.717) is 11.3 Å². The number of hydrogen-bond acceptors (Lipinski definition) is 3. The summed E-state index contributed by atoms with van der Waals surface area (Å²) in [5.74, 6) is 5.62. The number of ether oxygens (including phenoxy) is 1. The van der Waals surface area contributed by atoms with Gasteiger partial charge >= 0.3 is 5.38 Å². The van der Waals surface area contributed by atoms with E-state index in [4.69, 9.17) is 22.2 Å². The Morgan fingerprint density at radius 3 is 2.65 bits per heavy atom. The fourth-order valence-electron chi connectivity index (χ4n) is 1.56. The number of alkyl halides is 3. The van der Waals surface area contributed by atoms with E-state index in [2.05, 4.69) is 0 Å².